The molecule has 1 heterocycles. The van der Waals surface area contributed by atoms with Gasteiger partial charge in [-0.05, 0) is 18.1 Å². The highest BCUT2D eigenvalue weighted by Gasteiger charge is 2.23. The van der Waals surface area contributed by atoms with Gasteiger partial charge in [-0.2, -0.15) is 16.8 Å². The van der Waals surface area contributed by atoms with Gasteiger partial charge < -0.3 is 15.4 Å². The monoisotopic (exact) mass is 511 g/mol. The minimum absolute atomic E-state index is 0.0801. The van der Waals surface area contributed by atoms with E-state index in [9.17, 15) is 21.6 Å². The molecule has 11 nitrogen and oxygen atoms in total. The first kappa shape index (κ1) is 31.2. The molecule has 2 unspecified atom stereocenters. The third-order valence-corrected chi connectivity index (χ3v) is 4.42. The van der Waals surface area contributed by atoms with E-state index in [1.54, 1.807) is 0 Å². The molecule has 0 aliphatic carbocycles. The van der Waals surface area contributed by atoms with Crippen LogP contribution in [0.1, 0.15) is 20.3 Å². The van der Waals surface area contributed by atoms with E-state index >= 15 is 0 Å². The standard InChI is InChI=1S/C18H29N3O2.2CH4O3S/c1-3-15(2)17(20-16-7-5-4-6-8-16)18(22)19-9-10-21-11-13-23-14-12-21;2*1-5(2,3)4/h4-8,15,17,20H,3,9-14H2,1-2H3,(H,19,22);2*1H3,(H,2,3,4). The summed E-state index contributed by atoms with van der Waals surface area (Å²) in [6.45, 7) is 9.28. The Morgan fingerprint density at radius 2 is 1.55 bits per heavy atom. The number of para-hydroxylation sites is 1. The fourth-order valence-corrected chi connectivity index (χ4v) is 2.69. The highest BCUT2D eigenvalue weighted by atomic mass is 32.2. The fraction of sp³-hybridized carbons (Fsp3) is 0.650. The Morgan fingerprint density at radius 1 is 1.06 bits per heavy atom. The van der Waals surface area contributed by atoms with Gasteiger partial charge in [0.1, 0.15) is 6.04 Å². The minimum atomic E-state index is -3.67. The van der Waals surface area contributed by atoms with Gasteiger partial charge in [-0.15, -0.1) is 0 Å². The first-order valence-electron chi connectivity index (χ1n) is 10.4. The molecule has 1 aromatic carbocycles. The molecule has 4 N–H and O–H groups in total. The zero-order valence-electron chi connectivity index (χ0n) is 19.6. The molecule has 1 saturated heterocycles. The molecular formula is C20H37N3O8S2. The van der Waals surface area contributed by atoms with Crippen molar-refractivity contribution in [2.75, 3.05) is 57.2 Å². The van der Waals surface area contributed by atoms with Crippen molar-refractivity contribution in [3.63, 3.8) is 0 Å². The number of benzene rings is 1. The average molecular weight is 512 g/mol. The van der Waals surface area contributed by atoms with Gasteiger partial charge in [-0.25, -0.2) is 0 Å². The average Bonchev–Trinajstić information content (AvgIpc) is 2.70. The van der Waals surface area contributed by atoms with Gasteiger partial charge in [0.15, 0.2) is 0 Å². The van der Waals surface area contributed by atoms with Gasteiger partial charge in [0, 0.05) is 31.9 Å². The Kier molecular flexibility index (Phi) is 15.1. The SMILES string of the molecule is CCC(C)C(Nc1ccccc1)C(=O)NCCN1CCOCC1.CS(=O)(=O)O.CS(=O)(=O)O. The maximum Gasteiger partial charge on any atom is 0.261 e. The summed E-state index contributed by atoms with van der Waals surface area (Å²) >= 11 is 0. The van der Waals surface area contributed by atoms with Crippen LogP contribution in [0, 0.1) is 5.92 Å². The first-order valence-corrected chi connectivity index (χ1v) is 14.1. The Bertz CT molecular complexity index is 828. The molecule has 192 valence electrons. The number of carbonyl (C=O) groups excluding carboxylic acids is 1. The number of morpholine rings is 1. The van der Waals surface area contributed by atoms with Crippen molar-refractivity contribution in [2.45, 2.75) is 26.3 Å². The first-order chi connectivity index (χ1) is 15.2. The van der Waals surface area contributed by atoms with Crippen LogP contribution in [0.15, 0.2) is 30.3 Å². The van der Waals surface area contributed by atoms with Crippen LogP contribution in [0.25, 0.3) is 0 Å². The number of ether oxygens (including phenoxy) is 1. The molecule has 1 fully saturated rings. The van der Waals surface area contributed by atoms with Crippen molar-refractivity contribution in [3.8, 4) is 0 Å². The maximum absolute atomic E-state index is 12.6. The second kappa shape index (κ2) is 16.0. The molecular weight excluding hydrogens is 474 g/mol. The molecule has 0 spiro atoms. The Morgan fingerprint density at radius 3 is 2.00 bits per heavy atom. The summed E-state index contributed by atoms with van der Waals surface area (Å²) in [4.78, 5) is 14.9. The molecule has 1 aliphatic rings. The van der Waals surface area contributed by atoms with Gasteiger partial charge >= 0.3 is 0 Å². The highest BCUT2D eigenvalue weighted by molar-refractivity contribution is 7.85. The molecule has 1 amide bonds. The van der Waals surface area contributed by atoms with E-state index in [0.29, 0.717) is 19.1 Å². The molecule has 2 atom stereocenters. The third kappa shape index (κ3) is 20.6. The van der Waals surface area contributed by atoms with Crippen LogP contribution in [-0.4, -0.2) is 94.7 Å². The van der Waals surface area contributed by atoms with Crippen LogP contribution >= 0.6 is 0 Å². The molecule has 0 aromatic heterocycles. The largest absolute Gasteiger partial charge is 0.379 e. The van der Waals surface area contributed by atoms with E-state index in [-0.39, 0.29) is 17.9 Å². The van der Waals surface area contributed by atoms with Gasteiger partial charge in [-0.1, -0.05) is 38.5 Å². The summed E-state index contributed by atoms with van der Waals surface area (Å²) in [6.07, 6.45) is 2.39. The zero-order valence-corrected chi connectivity index (χ0v) is 21.2. The van der Waals surface area contributed by atoms with E-state index in [2.05, 4.69) is 29.4 Å². The molecule has 33 heavy (non-hydrogen) atoms. The summed E-state index contributed by atoms with van der Waals surface area (Å²) in [5.74, 6) is 0.357. The van der Waals surface area contributed by atoms with E-state index in [0.717, 1.165) is 45.0 Å². The molecule has 13 heteroatoms. The zero-order chi connectivity index (χ0) is 25.5. The fourth-order valence-electron chi connectivity index (χ4n) is 2.69. The topological polar surface area (TPSA) is 162 Å². The Hall–Kier alpha value is -1.77. The second-order valence-corrected chi connectivity index (χ2v) is 10.5. The van der Waals surface area contributed by atoms with Crippen LogP contribution in [0.3, 0.4) is 0 Å². The molecule has 1 aliphatic heterocycles. The van der Waals surface area contributed by atoms with Crippen molar-refractivity contribution in [1.29, 1.82) is 0 Å². The maximum atomic E-state index is 12.6. The van der Waals surface area contributed by atoms with Crippen LogP contribution in [-0.2, 0) is 29.8 Å². The number of hydrogen-bond donors (Lipinski definition) is 4. The van der Waals surface area contributed by atoms with Gasteiger partial charge in [-0.3, -0.25) is 18.8 Å². The van der Waals surface area contributed by atoms with Crippen molar-refractivity contribution >= 4 is 31.8 Å². The van der Waals surface area contributed by atoms with Crippen molar-refractivity contribution < 1.29 is 35.5 Å². The lowest BCUT2D eigenvalue weighted by Gasteiger charge is -2.28. The van der Waals surface area contributed by atoms with Gasteiger partial charge in [0.05, 0.1) is 25.7 Å². The summed E-state index contributed by atoms with van der Waals surface area (Å²) in [6, 6.07) is 9.73. The minimum Gasteiger partial charge on any atom is -0.379 e. The second-order valence-electron chi connectivity index (χ2n) is 7.58. The number of carbonyl (C=O) groups is 1. The number of amides is 1. The summed E-state index contributed by atoms with van der Waals surface area (Å²) in [5, 5.41) is 6.45. The summed E-state index contributed by atoms with van der Waals surface area (Å²) < 4.78 is 57.1. The van der Waals surface area contributed by atoms with Crippen LogP contribution in [0.5, 0.6) is 0 Å². The highest BCUT2D eigenvalue weighted by Crippen LogP contribution is 2.15. The molecule has 1 aromatic rings. The number of anilines is 1. The van der Waals surface area contributed by atoms with Gasteiger partial charge in [0.2, 0.25) is 5.91 Å². The van der Waals surface area contributed by atoms with Crippen molar-refractivity contribution in [2.24, 2.45) is 5.92 Å². The number of nitrogens with zero attached hydrogens (tertiary/aromatic N) is 1. The smallest absolute Gasteiger partial charge is 0.261 e. The predicted octanol–water partition coefficient (Wildman–Crippen LogP) is 0.970. The number of rotatable bonds is 8. The lowest BCUT2D eigenvalue weighted by Crippen LogP contribution is -2.47. The lowest BCUT2D eigenvalue weighted by atomic mass is 9.98. The summed E-state index contributed by atoms with van der Waals surface area (Å²) in [5.41, 5.74) is 0.987. The van der Waals surface area contributed by atoms with Crippen LogP contribution < -0.4 is 10.6 Å². The van der Waals surface area contributed by atoms with Crippen LogP contribution in [0.4, 0.5) is 5.69 Å². The quantitative estimate of drug-likeness (QED) is 0.370. The third-order valence-electron chi connectivity index (χ3n) is 4.42. The Balaban J connectivity index is 0.000000859. The van der Waals surface area contributed by atoms with E-state index < -0.39 is 20.2 Å². The number of nitrogens with one attached hydrogen (secondary N) is 2. The molecule has 2 rings (SSSR count). The van der Waals surface area contributed by atoms with Crippen LogP contribution in [0.2, 0.25) is 0 Å². The molecule has 0 saturated carbocycles. The van der Waals surface area contributed by atoms with Crippen molar-refractivity contribution in [3.05, 3.63) is 30.3 Å². The van der Waals surface area contributed by atoms with E-state index in [1.807, 2.05) is 30.3 Å². The van der Waals surface area contributed by atoms with E-state index in [4.69, 9.17) is 13.8 Å². The predicted molar refractivity (Wildman–Crippen MR) is 129 cm³/mol. The molecule has 0 radical (unpaired) electrons. The summed E-state index contributed by atoms with van der Waals surface area (Å²) in [7, 11) is -7.33. The normalized spacial score (nSPS) is 16.2. The van der Waals surface area contributed by atoms with Gasteiger partial charge in [0.25, 0.3) is 20.2 Å². The Labute approximate surface area is 197 Å². The van der Waals surface area contributed by atoms with Crippen molar-refractivity contribution in [1.82, 2.24) is 10.2 Å². The molecule has 0 bridgehead atoms. The lowest BCUT2D eigenvalue weighted by molar-refractivity contribution is -0.122. The van der Waals surface area contributed by atoms with E-state index in [1.165, 1.54) is 0 Å². The number of hydrogen-bond acceptors (Lipinski definition) is 8.